The van der Waals surface area contributed by atoms with Crippen LogP contribution in [0.5, 0.6) is 0 Å². The number of rotatable bonds is 2. The second-order valence-electron chi connectivity index (χ2n) is 11.0. The summed E-state index contributed by atoms with van der Waals surface area (Å²) in [5.41, 5.74) is 3.12. The highest BCUT2D eigenvalue weighted by molar-refractivity contribution is 5.79. The minimum atomic E-state index is -0.276. The Balaban J connectivity index is 1.48. The van der Waals surface area contributed by atoms with E-state index in [1.807, 2.05) is 0 Å². The second kappa shape index (κ2) is 6.45. The predicted octanol–water partition coefficient (Wildman–Crippen LogP) is 4.71. The van der Waals surface area contributed by atoms with E-state index in [2.05, 4.69) is 30.9 Å². The summed E-state index contributed by atoms with van der Waals surface area (Å²) in [5, 5.41) is 11.4. The Morgan fingerprint density at radius 1 is 1.21 bits per heavy atom. The normalized spacial score (nSPS) is 47.7. The van der Waals surface area contributed by atoms with Crippen molar-refractivity contribution in [2.75, 3.05) is 13.1 Å². The topological polar surface area (TPSA) is 40.5 Å². The van der Waals surface area contributed by atoms with Crippen LogP contribution in [0.15, 0.2) is 23.4 Å². The molecule has 6 unspecified atom stereocenters. The molecule has 3 nitrogen and oxygen atoms in total. The monoisotopic (exact) mass is 383 g/mol. The highest BCUT2D eigenvalue weighted by Gasteiger charge is 2.61. The summed E-state index contributed by atoms with van der Waals surface area (Å²) >= 11 is 0. The van der Waals surface area contributed by atoms with Crippen LogP contribution in [0.4, 0.5) is 0 Å². The average Bonchev–Trinajstić information content (AvgIpc) is 3.27. The van der Waals surface area contributed by atoms with Crippen molar-refractivity contribution in [1.82, 2.24) is 4.90 Å². The van der Waals surface area contributed by atoms with Gasteiger partial charge in [-0.15, -0.1) is 0 Å². The first-order valence-corrected chi connectivity index (χ1v) is 11.7. The Morgan fingerprint density at radius 3 is 2.68 bits per heavy atom. The molecule has 0 spiro atoms. The zero-order chi connectivity index (χ0) is 19.7. The molecule has 1 N–H and O–H groups in total. The third-order valence-corrected chi connectivity index (χ3v) is 9.68. The van der Waals surface area contributed by atoms with Crippen molar-refractivity contribution in [3.63, 3.8) is 0 Å². The van der Waals surface area contributed by atoms with Gasteiger partial charge in [-0.1, -0.05) is 19.9 Å². The molecular formula is C25H37NO2. The molecule has 3 fully saturated rings. The van der Waals surface area contributed by atoms with Gasteiger partial charge >= 0.3 is 0 Å². The molecule has 0 radical (unpaired) electrons. The number of aliphatic hydroxyl groups excluding tert-OH is 1. The molecule has 1 aliphatic heterocycles. The molecule has 7 atom stereocenters. The summed E-state index contributed by atoms with van der Waals surface area (Å²) in [7, 11) is 0. The Hall–Kier alpha value is -1.09. The molecule has 28 heavy (non-hydrogen) atoms. The van der Waals surface area contributed by atoms with E-state index in [1.165, 1.54) is 50.0 Å². The van der Waals surface area contributed by atoms with Crippen molar-refractivity contribution in [2.24, 2.45) is 34.5 Å². The number of fused-ring (bicyclic) bond motifs is 5. The van der Waals surface area contributed by atoms with Crippen LogP contribution in [0.3, 0.4) is 0 Å². The summed E-state index contributed by atoms with van der Waals surface area (Å²) in [6, 6.07) is 0. The Kier molecular flexibility index (Phi) is 4.36. The molecule has 0 aromatic heterocycles. The molecule has 5 rings (SSSR count). The van der Waals surface area contributed by atoms with Crippen LogP contribution >= 0.6 is 0 Å². The van der Waals surface area contributed by atoms with E-state index in [1.54, 1.807) is 6.92 Å². The molecule has 0 aromatic carbocycles. The fourth-order valence-corrected chi connectivity index (χ4v) is 8.37. The van der Waals surface area contributed by atoms with Gasteiger partial charge in [0.1, 0.15) is 5.78 Å². The first-order valence-electron chi connectivity index (χ1n) is 11.7. The number of ketones is 1. The maximum atomic E-state index is 12.3. The van der Waals surface area contributed by atoms with Gasteiger partial charge in [0.25, 0.3) is 0 Å². The molecule has 154 valence electrons. The van der Waals surface area contributed by atoms with Crippen molar-refractivity contribution in [3.05, 3.63) is 23.4 Å². The lowest BCUT2D eigenvalue weighted by Crippen LogP contribution is -2.56. The predicted molar refractivity (Wildman–Crippen MR) is 112 cm³/mol. The lowest BCUT2D eigenvalue weighted by atomic mass is 9.47. The number of carbonyl (C=O) groups excluding carboxylic acids is 1. The molecule has 3 heteroatoms. The summed E-state index contributed by atoms with van der Waals surface area (Å²) in [5.74, 6) is 1.97. The molecule has 4 aliphatic carbocycles. The average molecular weight is 384 g/mol. The van der Waals surface area contributed by atoms with Gasteiger partial charge < -0.3 is 10.0 Å². The standard InChI is InChI=1S/C25H37NO2/c1-16(27)20-8-9-21-19-7-6-17-14-18(26-12-4-5-13-26)10-11-24(17,2)23(19)22(28)15-25(20,21)3/h6,14,19-23,28H,4-5,7-13,15H2,1-3H3/t19?,20?,21?,22-,23?,24?,25?/m1/s1. The lowest BCUT2D eigenvalue weighted by molar-refractivity contribution is -0.137. The zero-order valence-electron chi connectivity index (χ0n) is 17.9. The molecule has 1 saturated heterocycles. The second-order valence-corrected chi connectivity index (χ2v) is 11.0. The van der Waals surface area contributed by atoms with E-state index >= 15 is 0 Å². The van der Waals surface area contributed by atoms with Crippen molar-refractivity contribution < 1.29 is 9.90 Å². The number of hydrogen-bond acceptors (Lipinski definition) is 3. The maximum absolute atomic E-state index is 12.3. The van der Waals surface area contributed by atoms with E-state index in [9.17, 15) is 9.90 Å². The third kappa shape index (κ3) is 2.54. The highest BCUT2D eigenvalue weighted by atomic mass is 16.3. The molecule has 0 bridgehead atoms. The zero-order valence-corrected chi connectivity index (χ0v) is 17.9. The van der Waals surface area contributed by atoms with E-state index in [0.717, 1.165) is 25.7 Å². The first kappa shape index (κ1) is 18.9. The number of hydrogen-bond donors (Lipinski definition) is 1. The van der Waals surface area contributed by atoms with E-state index in [4.69, 9.17) is 0 Å². The molecule has 0 amide bonds. The van der Waals surface area contributed by atoms with Crippen LogP contribution in [0.1, 0.15) is 72.1 Å². The van der Waals surface area contributed by atoms with E-state index in [-0.39, 0.29) is 22.9 Å². The highest BCUT2D eigenvalue weighted by Crippen LogP contribution is 2.66. The smallest absolute Gasteiger partial charge is 0.133 e. The van der Waals surface area contributed by atoms with Gasteiger partial charge in [-0.2, -0.15) is 0 Å². The van der Waals surface area contributed by atoms with Gasteiger partial charge in [-0.3, -0.25) is 4.79 Å². The summed E-state index contributed by atoms with van der Waals surface area (Å²) in [4.78, 5) is 14.9. The summed E-state index contributed by atoms with van der Waals surface area (Å²) in [6.07, 6.45) is 13.8. The van der Waals surface area contributed by atoms with Crippen molar-refractivity contribution in [3.8, 4) is 0 Å². The molecule has 5 aliphatic rings. The Bertz CT molecular complexity index is 733. The quantitative estimate of drug-likeness (QED) is 0.750. The van der Waals surface area contributed by atoms with Gasteiger partial charge in [-0.05, 0) is 98.5 Å². The number of aliphatic hydroxyl groups is 1. The van der Waals surface area contributed by atoms with E-state index in [0.29, 0.717) is 23.5 Å². The fraction of sp³-hybridized carbons (Fsp3) is 0.800. The van der Waals surface area contributed by atoms with Crippen LogP contribution in [-0.4, -0.2) is 35.0 Å². The number of nitrogens with zero attached hydrogens (tertiary/aromatic N) is 1. The molecule has 1 heterocycles. The van der Waals surface area contributed by atoms with Crippen LogP contribution < -0.4 is 0 Å². The molecule has 0 aromatic rings. The largest absolute Gasteiger partial charge is 0.393 e. The SMILES string of the molecule is CC(=O)C1CCC2C3CC=C4C=C(N5CCCC5)CCC4(C)C3[C@H](O)CC12C. The summed E-state index contributed by atoms with van der Waals surface area (Å²) < 4.78 is 0. The van der Waals surface area contributed by atoms with E-state index < -0.39 is 0 Å². The van der Waals surface area contributed by atoms with Gasteiger partial charge in [-0.25, -0.2) is 0 Å². The van der Waals surface area contributed by atoms with Gasteiger partial charge in [0.2, 0.25) is 0 Å². The number of Topliss-reactive ketones (excluding diaryl/α,β-unsaturated/α-hetero) is 1. The van der Waals surface area contributed by atoms with Crippen LogP contribution in [0.2, 0.25) is 0 Å². The van der Waals surface area contributed by atoms with Crippen LogP contribution in [0, 0.1) is 34.5 Å². The van der Waals surface area contributed by atoms with Crippen molar-refractivity contribution in [1.29, 1.82) is 0 Å². The van der Waals surface area contributed by atoms with Crippen LogP contribution in [-0.2, 0) is 4.79 Å². The Morgan fingerprint density at radius 2 is 1.96 bits per heavy atom. The fourth-order valence-electron chi connectivity index (χ4n) is 8.37. The van der Waals surface area contributed by atoms with Gasteiger partial charge in [0, 0.05) is 24.7 Å². The first-order chi connectivity index (χ1) is 13.3. The van der Waals surface area contributed by atoms with Crippen LogP contribution in [0.25, 0.3) is 0 Å². The Labute approximate surface area is 170 Å². The molecular weight excluding hydrogens is 346 g/mol. The van der Waals surface area contributed by atoms with Crippen molar-refractivity contribution in [2.45, 2.75) is 78.2 Å². The third-order valence-electron chi connectivity index (χ3n) is 9.68. The van der Waals surface area contributed by atoms with Crippen molar-refractivity contribution >= 4 is 5.78 Å². The van der Waals surface area contributed by atoms with Gasteiger partial charge in [0.05, 0.1) is 6.10 Å². The van der Waals surface area contributed by atoms with Gasteiger partial charge in [0.15, 0.2) is 0 Å². The number of likely N-dealkylation sites (tertiary alicyclic amines) is 1. The summed E-state index contributed by atoms with van der Waals surface area (Å²) in [6.45, 7) is 8.94. The number of allylic oxidation sites excluding steroid dienone is 4. The molecule has 2 saturated carbocycles. The minimum absolute atomic E-state index is 0.000657. The maximum Gasteiger partial charge on any atom is 0.133 e. The minimum Gasteiger partial charge on any atom is -0.393 e. The number of carbonyl (C=O) groups is 1. The lowest BCUT2D eigenvalue weighted by Gasteiger charge is -2.59.